The Hall–Kier alpha value is -2.19. The van der Waals surface area contributed by atoms with Gasteiger partial charge in [-0.3, -0.25) is 15.0 Å². The number of hydrogen-bond donors (Lipinski definition) is 2. The van der Waals surface area contributed by atoms with Gasteiger partial charge in [0.1, 0.15) is 10.6 Å². The zero-order valence-electron chi connectivity index (χ0n) is 11.9. The van der Waals surface area contributed by atoms with Crippen molar-refractivity contribution in [1.82, 2.24) is 9.66 Å². The molecule has 6 nitrogen and oxygen atoms in total. The molecule has 0 bridgehead atoms. The van der Waals surface area contributed by atoms with Gasteiger partial charge in [0.15, 0.2) is 0 Å². The number of hydrogen-bond acceptors (Lipinski definition) is 5. The molecule has 0 saturated heterocycles. The van der Waals surface area contributed by atoms with Crippen LogP contribution in [0.3, 0.4) is 0 Å². The Labute approximate surface area is 134 Å². The van der Waals surface area contributed by atoms with Crippen LogP contribution in [0.1, 0.15) is 27.9 Å². The number of rotatable bonds is 3. The van der Waals surface area contributed by atoms with Gasteiger partial charge < -0.3 is 9.40 Å². The number of carbonyl (C=O) groups excluding carboxylic acids is 1. The summed E-state index contributed by atoms with van der Waals surface area (Å²) in [7, 11) is 0. The number of aromatic nitrogens is 2. The number of aryl methyl sites for hydroxylation is 2. The number of nitrogens with zero attached hydrogens (tertiary/aromatic N) is 1. The second kappa shape index (κ2) is 5.54. The average molecular weight is 335 g/mol. The van der Waals surface area contributed by atoms with Crippen LogP contribution in [0.5, 0.6) is 0 Å². The van der Waals surface area contributed by atoms with Gasteiger partial charge in [0.2, 0.25) is 4.77 Å². The number of carbonyl (C=O) groups is 1. The topological polar surface area (TPSA) is 80.0 Å². The molecule has 0 spiro atoms. The molecule has 2 N–H and O–H groups in total. The number of fused-ring (bicyclic) bond motifs is 1. The summed E-state index contributed by atoms with van der Waals surface area (Å²) in [5.74, 6) is 0.0310. The van der Waals surface area contributed by atoms with Gasteiger partial charge in [-0.05, 0) is 37.7 Å². The van der Waals surface area contributed by atoms with E-state index in [9.17, 15) is 9.59 Å². The Morgan fingerprint density at radius 2 is 2.32 bits per heavy atom. The van der Waals surface area contributed by atoms with Crippen LogP contribution in [0.15, 0.2) is 27.6 Å². The number of nitrogens with one attached hydrogen (secondary N) is 2. The molecule has 22 heavy (non-hydrogen) atoms. The highest BCUT2D eigenvalue weighted by Gasteiger charge is 2.15. The number of thiophene rings is 1. The quantitative estimate of drug-likeness (QED) is 0.721. The van der Waals surface area contributed by atoms with Gasteiger partial charge in [-0.15, -0.1) is 11.3 Å². The Morgan fingerprint density at radius 1 is 1.55 bits per heavy atom. The van der Waals surface area contributed by atoms with Crippen molar-refractivity contribution < 1.29 is 9.21 Å². The molecule has 0 aromatic carbocycles. The standard InChI is InChI=1S/C14H13N3O3S2/c1-3-8-6-10-12(22-8)15-14(21)17(13(10)19)16-11(18)9-4-5-20-7(9)2/h4-6H,3H2,1-2H3,(H,15,21)(H,16,18). The third-order valence-corrected chi connectivity index (χ3v) is 4.78. The van der Waals surface area contributed by atoms with Crippen molar-refractivity contribution in [1.29, 1.82) is 0 Å². The summed E-state index contributed by atoms with van der Waals surface area (Å²) in [6.45, 7) is 3.69. The number of aromatic amines is 1. The third-order valence-electron chi connectivity index (χ3n) is 3.31. The Balaban J connectivity index is 2.07. The lowest BCUT2D eigenvalue weighted by molar-refractivity contribution is 0.100. The molecule has 0 aliphatic rings. The summed E-state index contributed by atoms with van der Waals surface area (Å²) in [5.41, 5.74) is 2.53. The second-order valence-corrected chi connectivity index (χ2v) is 6.23. The van der Waals surface area contributed by atoms with Gasteiger partial charge in [0.05, 0.1) is 17.2 Å². The van der Waals surface area contributed by atoms with Gasteiger partial charge in [0.25, 0.3) is 11.5 Å². The molecule has 0 unspecified atom stereocenters. The minimum Gasteiger partial charge on any atom is -0.469 e. The van der Waals surface area contributed by atoms with E-state index in [1.807, 2.05) is 13.0 Å². The van der Waals surface area contributed by atoms with Gasteiger partial charge >= 0.3 is 0 Å². The first-order valence-corrected chi connectivity index (χ1v) is 7.87. The van der Waals surface area contributed by atoms with Crippen LogP contribution in [0.25, 0.3) is 10.2 Å². The van der Waals surface area contributed by atoms with Crippen LogP contribution in [0.2, 0.25) is 0 Å². The molecule has 0 atom stereocenters. The summed E-state index contributed by atoms with van der Waals surface area (Å²) < 4.78 is 6.30. The van der Waals surface area contributed by atoms with Crippen molar-refractivity contribution in [2.45, 2.75) is 20.3 Å². The zero-order valence-corrected chi connectivity index (χ0v) is 13.6. The van der Waals surface area contributed by atoms with Crippen molar-refractivity contribution in [3.8, 4) is 0 Å². The normalized spacial score (nSPS) is 11.0. The van der Waals surface area contributed by atoms with Crippen LogP contribution < -0.4 is 11.0 Å². The maximum absolute atomic E-state index is 12.5. The fourth-order valence-electron chi connectivity index (χ4n) is 2.12. The van der Waals surface area contributed by atoms with Crippen molar-refractivity contribution in [3.05, 3.63) is 49.7 Å². The number of amides is 1. The summed E-state index contributed by atoms with van der Waals surface area (Å²) in [6.07, 6.45) is 2.25. The molecule has 0 aliphatic heterocycles. The fourth-order valence-corrected chi connectivity index (χ4v) is 3.40. The molecular weight excluding hydrogens is 322 g/mol. The maximum Gasteiger partial charge on any atom is 0.282 e. The minimum absolute atomic E-state index is 0.150. The van der Waals surface area contributed by atoms with Gasteiger partial charge in [-0.2, -0.15) is 4.68 Å². The second-order valence-electron chi connectivity index (χ2n) is 4.71. The molecule has 114 valence electrons. The van der Waals surface area contributed by atoms with E-state index in [0.717, 1.165) is 20.8 Å². The van der Waals surface area contributed by atoms with Crippen LogP contribution in [-0.4, -0.2) is 15.6 Å². The molecule has 0 fully saturated rings. The van der Waals surface area contributed by atoms with E-state index in [1.54, 1.807) is 13.0 Å². The highest BCUT2D eigenvalue weighted by atomic mass is 32.1. The monoisotopic (exact) mass is 335 g/mol. The first kappa shape index (κ1) is 14.7. The molecule has 3 aromatic rings. The Morgan fingerprint density at radius 3 is 2.95 bits per heavy atom. The van der Waals surface area contributed by atoms with Crippen molar-refractivity contribution >= 4 is 39.7 Å². The van der Waals surface area contributed by atoms with Crippen LogP contribution in [0, 0.1) is 11.7 Å². The Kier molecular flexibility index (Phi) is 3.71. The van der Waals surface area contributed by atoms with Crippen LogP contribution >= 0.6 is 23.6 Å². The minimum atomic E-state index is -0.446. The lowest BCUT2D eigenvalue weighted by Gasteiger charge is -2.07. The van der Waals surface area contributed by atoms with E-state index in [1.165, 1.54) is 17.6 Å². The first-order chi connectivity index (χ1) is 10.5. The summed E-state index contributed by atoms with van der Waals surface area (Å²) >= 11 is 6.66. The highest BCUT2D eigenvalue weighted by Crippen LogP contribution is 2.21. The Bertz CT molecular complexity index is 977. The molecule has 1 amide bonds. The summed E-state index contributed by atoms with van der Waals surface area (Å²) in [6, 6.07) is 3.36. The molecular formula is C14H13N3O3S2. The van der Waals surface area contributed by atoms with E-state index in [-0.39, 0.29) is 10.3 Å². The maximum atomic E-state index is 12.5. The van der Waals surface area contributed by atoms with Crippen LogP contribution in [0.4, 0.5) is 0 Å². The van der Waals surface area contributed by atoms with E-state index in [4.69, 9.17) is 16.6 Å². The van der Waals surface area contributed by atoms with Gasteiger partial charge in [0, 0.05) is 4.88 Å². The number of H-pyrrole nitrogens is 1. The predicted octanol–water partition coefficient (Wildman–Crippen LogP) is 2.97. The van der Waals surface area contributed by atoms with Crippen molar-refractivity contribution in [3.63, 3.8) is 0 Å². The molecule has 0 aliphatic carbocycles. The smallest absolute Gasteiger partial charge is 0.282 e. The molecule has 3 rings (SSSR count). The lowest BCUT2D eigenvalue weighted by Crippen LogP contribution is -2.34. The van der Waals surface area contributed by atoms with Crippen molar-refractivity contribution in [2.75, 3.05) is 5.43 Å². The van der Waals surface area contributed by atoms with Gasteiger partial charge in [-0.1, -0.05) is 6.92 Å². The molecule has 0 saturated carbocycles. The molecule has 3 heterocycles. The molecule has 0 radical (unpaired) electrons. The SMILES string of the molecule is CCc1cc2c(=O)n(NC(=O)c3ccoc3C)c(=S)[nH]c2s1. The van der Waals surface area contributed by atoms with E-state index in [2.05, 4.69) is 10.4 Å². The summed E-state index contributed by atoms with van der Waals surface area (Å²) in [5, 5.41) is 0.514. The summed E-state index contributed by atoms with van der Waals surface area (Å²) in [4.78, 5) is 29.5. The highest BCUT2D eigenvalue weighted by molar-refractivity contribution is 7.71. The van der Waals surface area contributed by atoms with Crippen LogP contribution in [-0.2, 0) is 6.42 Å². The van der Waals surface area contributed by atoms with Gasteiger partial charge in [-0.25, -0.2) is 0 Å². The van der Waals surface area contributed by atoms with E-state index in [0.29, 0.717) is 16.7 Å². The fraction of sp³-hybridized carbons (Fsp3) is 0.214. The van der Waals surface area contributed by atoms with E-state index >= 15 is 0 Å². The van der Waals surface area contributed by atoms with Crippen molar-refractivity contribution in [2.24, 2.45) is 0 Å². The first-order valence-electron chi connectivity index (χ1n) is 6.64. The molecule has 3 aromatic heterocycles. The largest absolute Gasteiger partial charge is 0.469 e. The lowest BCUT2D eigenvalue weighted by atomic mass is 10.2. The molecule has 8 heteroatoms. The predicted molar refractivity (Wildman–Crippen MR) is 87.8 cm³/mol. The van der Waals surface area contributed by atoms with E-state index < -0.39 is 5.91 Å². The third kappa shape index (κ3) is 2.40. The zero-order chi connectivity index (χ0) is 15.9. The number of furan rings is 1. The average Bonchev–Trinajstić information content (AvgIpc) is 3.09.